The molecule has 1 aromatic carbocycles. The number of H-pyrrole nitrogens is 1. The minimum Gasteiger partial charge on any atom is -0.399 e. The third-order valence-electron chi connectivity index (χ3n) is 4.48. The molecule has 0 bridgehead atoms. The first-order valence-corrected chi connectivity index (χ1v) is 7.05. The SMILES string of the molecule is CC1(C)OB(c2ccc3[nH]c(C(F)(F)F)cc3c2)OC1(C)C. The molecule has 1 N–H and O–H groups in total. The largest absolute Gasteiger partial charge is 0.494 e. The summed E-state index contributed by atoms with van der Waals surface area (Å²) >= 11 is 0. The van der Waals surface area contributed by atoms with Crippen LogP contribution < -0.4 is 5.46 Å². The molecule has 3 nitrogen and oxygen atoms in total. The van der Waals surface area contributed by atoms with Crippen molar-refractivity contribution in [2.45, 2.75) is 45.1 Å². The highest BCUT2D eigenvalue weighted by Gasteiger charge is 2.51. The molecule has 0 atom stereocenters. The van der Waals surface area contributed by atoms with Gasteiger partial charge in [-0.25, -0.2) is 0 Å². The number of halogens is 3. The van der Waals surface area contributed by atoms with Crippen LogP contribution in [-0.2, 0) is 15.5 Å². The number of fused-ring (bicyclic) bond motifs is 1. The fraction of sp³-hybridized carbons (Fsp3) is 0.467. The second-order valence-electron chi connectivity index (χ2n) is 6.62. The molecule has 0 spiro atoms. The van der Waals surface area contributed by atoms with Crippen molar-refractivity contribution in [3.63, 3.8) is 0 Å². The summed E-state index contributed by atoms with van der Waals surface area (Å²) < 4.78 is 50.1. The molecule has 0 unspecified atom stereocenters. The zero-order valence-electron chi connectivity index (χ0n) is 12.8. The van der Waals surface area contributed by atoms with Crippen LogP contribution >= 0.6 is 0 Å². The van der Waals surface area contributed by atoms with Crippen molar-refractivity contribution in [1.29, 1.82) is 0 Å². The van der Waals surface area contributed by atoms with Gasteiger partial charge in [0.05, 0.1) is 11.2 Å². The Morgan fingerprint density at radius 2 is 1.59 bits per heavy atom. The highest BCUT2D eigenvalue weighted by molar-refractivity contribution is 6.62. The number of hydrogen-bond acceptors (Lipinski definition) is 2. The van der Waals surface area contributed by atoms with Crippen LogP contribution in [0.25, 0.3) is 10.9 Å². The molecule has 1 aromatic heterocycles. The average Bonchev–Trinajstić information content (AvgIpc) is 2.87. The average molecular weight is 311 g/mol. The predicted octanol–water partition coefficient (Wildman–Crippen LogP) is 3.49. The number of aromatic amines is 1. The first kappa shape index (κ1) is 15.4. The van der Waals surface area contributed by atoms with Crippen LogP contribution in [-0.4, -0.2) is 23.3 Å². The van der Waals surface area contributed by atoms with Gasteiger partial charge in [-0.15, -0.1) is 0 Å². The van der Waals surface area contributed by atoms with Gasteiger partial charge in [-0.1, -0.05) is 12.1 Å². The number of hydrogen-bond donors (Lipinski definition) is 1. The zero-order valence-corrected chi connectivity index (χ0v) is 12.8. The molecule has 0 radical (unpaired) electrons. The van der Waals surface area contributed by atoms with Crippen LogP contribution in [0.3, 0.4) is 0 Å². The molecule has 1 aliphatic rings. The maximum Gasteiger partial charge on any atom is 0.494 e. The molecule has 3 rings (SSSR count). The monoisotopic (exact) mass is 311 g/mol. The van der Waals surface area contributed by atoms with Crippen LogP contribution in [0.5, 0.6) is 0 Å². The van der Waals surface area contributed by atoms with Gasteiger partial charge < -0.3 is 14.3 Å². The highest BCUT2D eigenvalue weighted by Crippen LogP contribution is 2.37. The molecular weight excluding hydrogens is 294 g/mol. The minimum atomic E-state index is -4.39. The Labute approximate surface area is 126 Å². The highest BCUT2D eigenvalue weighted by atomic mass is 19.4. The van der Waals surface area contributed by atoms with E-state index in [1.807, 2.05) is 27.7 Å². The van der Waals surface area contributed by atoms with E-state index in [0.717, 1.165) is 6.07 Å². The van der Waals surface area contributed by atoms with Crippen LogP contribution in [0.4, 0.5) is 13.2 Å². The minimum absolute atomic E-state index is 0.438. The summed E-state index contributed by atoms with van der Waals surface area (Å²) in [5, 5.41) is 0.486. The van der Waals surface area contributed by atoms with Gasteiger partial charge in [0.15, 0.2) is 0 Å². The third-order valence-corrected chi connectivity index (χ3v) is 4.48. The lowest BCUT2D eigenvalue weighted by atomic mass is 9.79. The maximum absolute atomic E-state index is 12.8. The van der Waals surface area contributed by atoms with Gasteiger partial charge in [-0.2, -0.15) is 13.2 Å². The summed E-state index contributed by atoms with van der Waals surface area (Å²) in [4.78, 5) is 2.38. The van der Waals surface area contributed by atoms with Gasteiger partial charge in [0.25, 0.3) is 0 Å². The van der Waals surface area contributed by atoms with Crippen molar-refractivity contribution in [2.24, 2.45) is 0 Å². The molecular formula is C15H17BF3NO2. The van der Waals surface area contributed by atoms with E-state index >= 15 is 0 Å². The van der Waals surface area contributed by atoms with Gasteiger partial charge in [0.1, 0.15) is 5.69 Å². The van der Waals surface area contributed by atoms with Gasteiger partial charge in [0.2, 0.25) is 0 Å². The van der Waals surface area contributed by atoms with Crippen molar-refractivity contribution >= 4 is 23.5 Å². The van der Waals surface area contributed by atoms with Crippen LogP contribution in [0.2, 0.25) is 0 Å². The van der Waals surface area contributed by atoms with Crippen molar-refractivity contribution in [2.75, 3.05) is 0 Å². The topological polar surface area (TPSA) is 34.2 Å². The Morgan fingerprint density at radius 3 is 2.14 bits per heavy atom. The third kappa shape index (κ3) is 2.42. The van der Waals surface area contributed by atoms with Crippen molar-refractivity contribution in [3.05, 3.63) is 30.0 Å². The molecule has 0 saturated carbocycles. The standard InChI is InChI=1S/C15H17BF3NO2/c1-13(2)14(3,4)22-16(21-13)10-5-6-11-9(7-10)8-12(20-11)15(17,18)19/h5-8,20H,1-4H3. The summed E-state index contributed by atoms with van der Waals surface area (Å²) in [6, 6.07) is 6.11. The summed E-state index contributed by atoms with van der Waals surface area (Å²) in [5.74, 6) is 0. The first-order chi connectivity index (χ1) is 9.99. The lowest BCUT2D eigenvalue weighted by Gasteiger charge is -2.32. The van der Waals surface area contributed by atoms with Crippen molar-refractivity contribution in [1.82, 2.24) is 4.98 Å². The Hall–Kier alpha value is -1.47. The van der Waals surface area contributed by atoms with E-state index < -0.39 is 30.2 Å². The van der Waals surface area contributed by atoms with Crippen LogP contribution in [0, 0.1) is 0 Å². The maximum atomic E-state index is 12.8. The summed E-state index contributed by atoms with van der Waals surface area (Å²) in [5.41, 5.74) is -0.580. The Bertz CT molecular complexity index is 705. The fourth-order valence-electron chi connectivity index (χ4n) is 2.43. The molecule has 1 saturated heterocycles. The first-order valence-electron chi connectivity index (χ1n) is 7.05. The molecule has 7 heteroatoms. The number of benzene rings is 1. The Kier molecular flexibility index (Phi) is 3.17. The lowest BCUT2D eigenvalue weighted by Crippen LogP contribution is -2.41. The summed E-state index contributed by atoms with van der Waals surface area (Å²) in [7, 11) is -0.585. The molecule has 2 aromatic rings. The Balaban J connectivity index is 1.97. The number of aromatic nitrogens is 1. The second kappa shape index (κ2) is 4.52. The zero-order chi connectivity index (χ0) is 16.3. The van der Waals surface area contributed by atoms with E-state index in [1.165, 1.54) is 0 Å². The van der Waals surface area contributed by atoms with Crippen molar-refractivity contribution < 1.29 is 22.5 Å². The van der Waals surface area contributed by atoms with E-state index in [1.54, 1.807) is 18.2 Å². The molecule has 118 valence electrons. The van der Waals surface area contributed by atoms with Gasteiger partial charge in [0, 0.05) is 5.52 Å². The summed E-state index contributed by atoms with van der Waals surface area (Å²) in [6.07, 6.45) is -4.39. The Morgan fingerprint density at radius 1 is 1.00 bits per heavy atom. The van der Waals surface area contributed by atoms with E-state index in [2.05, 4.69) is 4.98 Å². The lowest BCUT2D eigenvalue weighted by molar-refractivity contribution is -0.140. The molecule has 2 heterocycles. The number of rotatable bonds is 1. The number of alkyl halides is 3. The van der Waals surface area contributed by atoms with Gasteiger partial charge in [-0.05, 0) is 50.7 Å². The van der Waals surface area contributed by atoms with Crippen LogP contribution in [0.15, 0.2) is 24.3 Å². The van der Waals surface area contributed by atoms with E-state index in [9.17, 15) is 13.2 Å². The number of nitrogens with one attached hydrogen (secondary N) is 1. The second-order valence-corrected chi connectivity index (χ2v) is 6.62. The van der Waals surface area contributed by atoms with Gasteiger partial charge >= 0.3 is 13.3 Å². The van der Waals surface area contributed by atoms with Crippen molar-refractivity contribution in [3.8, 4) is 0 Å². The van der Waals surface area contributed by atoms with E-state index in [0.29, 0.717) is 16.4 Å². The fourth-order valence-corrected chi connectivity index (χ4v) is 2.43. The van der Waals surface area contributed by atoms with Gasteiger partial charge in [-0.3, -0.25) is 0 Å². The quantitative estimate of drug-likeness (QED) is 0.818. The summed E-state index contributed by atoms with van der Waals surface area (Å²) in [6.45, 7) is 7.74. The smallest absolute Gasteiger partial charge is 0.399 e. The van der Waals surface area contributed by atoms with E-state index in [-0.39, 0.29) is 0 Å². The predicted molar refractivity (Wildman–Crippen MR) is 79.0 cm³/mol. The molecule has 1 aliphatic heterocycles. The van der Waals surface area contributed by atoms with E-state index in [4.69, 9.17) is 9.31 Å². The van der Waals surface area contributed by atoms with Crippen LogP contribution in [0.1, 0.15) is 33.4 Å². The normalized spacial score (nSPS) is 20.8. The molecule has 22 heavy (non-hydrogen) atoms. The molecule has 0 amide bonds. The molecule has 1 fully saturated rings. The molecule has 0 aliphatic carbocycles.